The van der Waals surface area contributed by atoms with Gasteiger partial charge in [-0.3, -0.25) is 14.4 Å². The topological polar surface area (TPSA) is 78.9 Å². The number of hydrogen-bond acceptors (Lipinski definition) is 6. The molecule has 180 valence electrons. The smallest absolute Gasteiger partial charge is 0.303 e. The highest BCUT2D eigenvalue weighted by atomic mass is 16.6. The first-order valence-electron chi connectivity index (χ1n) is 11.7. The maximum absolute atomic E-state index is 12.1. The molecule has 0 N–H and O–H groups in total. The molecule has 0 heterocycles. The molecule has 0 bridgehead atoms. The first-order valence-corrected chi connectivity index (χ1v) is 11.7. The van der Waals surface area contributed by atoms with Gasteiger partial charge in [-0.05, 0) is 67.8 Å². The Kier molecular flexibility index (Phi) is 8.72. The van der Waals surface area contributed by atoms with Crippen molar-refractivity contribution in [2.45, 2.75) is 86.7 Å². The largest absolute Gasteiger partial charge is 0.462 e. The Labute approximate surface area is 192 Å². The molecule has 2 aliphatic rings. The van der Waals surface area contributed by atoms with Crippen LogP contribution in [0.4, 0.5) is 0 Å². The Morgan fingerprint density at radius 2 is 1.75 bits per heavy atom. The third-order valence-electron chi connectivity index (χ3n) is 8.02. The van der Waals surface area contributed by atoms with Gasteiger partial charge in [0.2, 0.25) is 0 Å². The van der Waals surface area contributed by atoms with E-state index in [4.69, 9.17) is 14.2 Å². The van der Waals surface area contributed by atoms with Crippen LogP contribution >= 0.6 is 0 Å². The molecule has 0 radical (unpaired) electrons. The van der Waals surface area contributed by atoms with E-state index in [1.807, 2.05) is 0 Å². The van der Waals surface area contributed by atoms with Crippen molar-refractivity contribution < 1.29 is 28.6 Å². The van der Waals surface area contributed by atoms with E-state index in [1.54, 1.807) is 6.08 Å². The van der Waals surface area contributed by atoms with Crippen LogP contribution in [0.25, 0.3) is 0 Å². The summed E-state index contributed by atoms with van der Waals surface area (Å²) in [5.41, 5.74) is 2.18. The number of esters is 3. The Morgan fingerprint density at radius 1 is 1.09 bits per heavy atom. The number of allylic oxidation sites excluding steroid dienone is 2. The lowest BCUT2D eigenvalue weighted by atomic mass is 9.46. The standard InChI is InChI=1S/C26H40O6/c1-17-9-8-10-24-25(17,6)13-11-18(2)26(24,7)15-23(32-21(5)29)22(16-31-20(4)28)12-14-30-19(3)27/h9,12,18,23-24H,8,10-11,13-16H2,1-7H3/b22-12+/t18-,23-,24-,25+,26+/m1/s1. The van der Waals surface area contributed by atoms with Crippen molar-refractivity contribution in [3.8, 4) is 0 Å². The lowest BCUT2D eigenvalue weighted by molar-refractivity contribution is -0.150. The summed E-state index contributed by atoms with van der Waals surface area (Å²) in [6.07, 6.45) is 8.61. The van der Waals surface area contributed by atoms with E-state index in [-0.39, 0.29) is 30.0 Å². The fraction of sp³-hybridized carbons (Fsp3) is 0.731. The zero-order valence-electron chi connectivity index (χ0n) is 20.8. The van der Waals surface area contributed by atoms with Gasteiger partial charge in [0.1, 0.15) is 19.3 Å². The lowest BCUT2D eigenvalue weighted by Crippen LogP contribution is -2.51. The van der Waals surface area contributed by atoms with E-state index in [0.29, 0.717) is 23.8 Å². The average molecular weight is 449 g/mol. The molecule has 0 aromatic heterocycles. The van der Waals surface area contributed by atoms with Crippen molar-refractivity contribution in [3.05, 3.63) is 23.3 Å². The van der Waals surface area contributed by atoms with Gasteiger partial charge in [0.15, 0.2) is 0 Å². The summed E-state index contributed by atoms with van der Waals surface area (Å²) in [5, 5.41) is 0. The molecule has 0 amide bonds. The second-order valence-electron chi connectivity index (χ2n) is 10.0. The molecule has 2 aliphatic carbocycles. The van der Waals surface area contributed by atoms with Crippen LogP contribution in [0, 0.1) is 22.7 Å². The van der Waals surface area contributed by atoms with Gasteiger partial charge < -0.3 is 14.2 Å². The molecule has 6 nitrogen and oxygen atoms in total. The molecule has 0 unspecified atom stereocenters. The van der Waals surface area contributed by atoms with Crippen molar-refractivity contribution >= 4 is 17.9 Å². The predicted molar refractivity (Wildman–Crippen MR) is 123 cm³/mol. The molecule has 0 saturated heterocycles. The fourth-order valence-electron chi connectivity index (χ4n) is 5.84. The summed E-state index contributed by atoms with van der Waals surface area (Å²) < 4.78 is 16.2. The molecule has 0 aliphatic heterocycles. The van der Waals surface area contributed by atoms with Crippen LogP contribution < -0.4 is 0 Å². The van der Waals surface area contributed by atoms with Crippen molar-refractivity contribution in [1.82, 2.24) is 0 Å². The number of hydrogen-bond donors (Lipinski definition) is 0. The molecule has 6 heteroatoms. The first-order chi connectivity index (χ1) is 14.9. The van der Waals surface area contributed by atoms with E-state index >= 15 is 0 Å². The van der Waals surface area contributed by atoms with Crippen LogP contribution in [-0.2, 0) is 28.6 Å². The highest BCUT2D eigenvalue weighted by Crippen LogP contribution is 2.62. The van der Waals surface area contributed by atoms with Crippen molar-refractivity contribution in [1.29, 1.82) is 0 Å². The maximum Gasteiger partial charge on any atom is 0.303 e. The Morgan fingerprint density at radius 3 is 2.34 bits per heavy atom. The number of fused-ring (bicyclic) bond motifs is 1. The van der Waals surface area contributed by atoms with E-state index in [9.17, 15) is 14.4 Å². The summed E-state index contributed by atoms with van der Waals surface area (Å²) in [5.74, 6) is -0.281. The molecule has 5 atom stereocenters. The Bertz CT molecular complexity index is 781. The molecule has 0 spiro atoms. The van der Waals surface area contributed by atoms with E-state index in [0.717, 1.165) is 25.7 Å². The quantitative estimate of drug-likeness (QED) is 0.290. The normalized spacial score (nSPS) is 31.1. The Balaban J connectivity index is 2.40. The number of ether oxygens (including phenoxy) is 3. The highest BCUT2D eigenvalue weighted by Gasteiger charge is 2.54. The maximum atomic E-state index is 12.1. The summed E-state index contributed by atoms with van der Waals surface area (Å²) in [7, 11) is 0. The van der Waals surface area contributed by atoms with Crippen LogP contribution in [0.5, 0.6) is 0 Å². The van der Waals surface area contributed by atoms with Crippen LogP contribution in [0.3, 0.4) is 0 Å². The van der Waals surface area contributed by atoms with Crippen molar-refractivity contribution in [2.24, 2.45) is 22.7 Å². The molecule has 0 aromatic rings. The Hall–Kier alpha value is -2.11. The molecule has 0 aromatic carbocycles. The molecular formula is C26H40O6. The second kappa shape index (κ2) is 10.7. The zero-order valence-corrected chi connectivity index (χ0v) is 20.8. The van der Waals surface area contributed by atoms with Gasteiger partial charge in [0, 0.05) is 26.3 Å². The zero-order chi connectivity index (χ0) is 24.1. The number of rotatable bonds is 8. The summed E-state index contributed by atoms with van der Waals surface area (Å²) in [4.78, 5) is 34.8. The third kappa shape index (κ3) is 6.02. The van der Waals surface area contributed by atoms with Crippen LogP contribution in [0.2, 0.25) is 0 Å². The third-order valence-corrected chi connectivity index (χ3v) is 8.02. The summed E-state index contributed by atoms with van der Waals surface area (Å²) >= 11 is 0. The van der Waals surface area contributed by atoms with E-state index < -0.39 is 18.0 Å². The summed E-state index contributed by atoms with van der Waals surface area (Å²) in [6, 6.07) is 0. The van der Waals surface area contributed by atoms with Gasteiger partial charge in [-0.15, -0.1) is 0 Å². The van der Waals surface area contributed by atoms with Crippen LogP contribution in [0.15, 0.2) is 23.3 Å². The minimum Gasteiger partial charge on any atom is -0.462 e. The molecule has 1 fully saturated rings. The molecule has 1 saturated carbocycles. The monoisotopic (exact) mass is 448 g/mol. The SMILES string of the molecule is CC(=O)OC/C=C(\COC(C)=O)[C@@H](C[C@@]1(C)[C@H](C)CC[C@@]2(C)C(C)=CCC[C@@H]12)OC(C)=O. The van der Waals surface area contributed by atoms with Gasteiger partial charge >= 0.3 is 17.9 Å². The van der Waals surface area contributed by atoms with Gasteiger partial charge in [-0.1, -0.05) is 32.4 Å². The number of carbonyl (C=O) groups is 3. The minimum absolute atomic E-state index is 0.000128. The minimum atomic E-state index is -0.552. The van der Waals surface area contributed by atoms with Crippen LogP contribution in [0.1, 0.15) is 80.6 Å². The van der Waals surface area contributed by atoms with Gasteiger partial charge in [0.25, 0.3) is 0 Å². The van der Waals surface area contributed by atoms with Gasteiger partial charge in [-0.25, -0.2) is 0 Å². The highest BCUT2D eigenvalue weighted by molar-refractivity contribution is 5.67. The predicted octanol–water partition coefficient (Wildman–Crippen LogP) is 5.16. The van der Waals surface area contributed by atoms with E-state index in [1.165, 1.54) is 26.3 Å². The molecule has 32 heavy (non-hydrogen) atoms. The average Bonchev–Trinajstić information content (AvgIpc) is 2.68. The van der Waals surface area contributed by atoms with Crippen molar-refractivity contribution in [3.63, 3.8) is 0 Å². The summed E-state index contributed by atoms with van der Waals surface area (Å²) in [6.45, 7) is 13.4. The molecular weight excluding hydrogens is 408 g/mol. The van der Waals surface area contributed by atoms with Gasteiger partial charge in [-0.2, -0.15) is 0 Å². The number of carbonyl (C=O) groups excluding carboxylic acids is 3. The fourth-order valence-corrected chi connectivity index (χ4v) is 5.84. The van der Waals surface area contributed by atoms with Gasteiger partial charge in [0.05, 0.1) is 0 Å². The van der Waals surface area contributed by atoms with Crippen molar-refractivity contribution in [2.75, 3.05) is 13.2 Å². The van der Waals surface area contributed by atoms with Crippen LogP contribution in [-0.4, -0.2) is 37.2 Å². The second-order valence-corrected chi connectivity index (χ2v) is 10.0. The van der Waals surface area contributed by atoms with E-state index in [2.05, 4.69) is 33.8 Å². The molecule has 2 rings (SSSR count). The lowest BCUT2D eigenvalue weighted by Gasteiger charge is -2.58. The first kappa shape index (κ1) is 26.1.